The van der Waals surface area contributed by atoms with E-state index in [0.29, 0.717) is 23.6 Å². The highest BCUT2D eigenvalue weighted by molar-refractivity contribution is 5.64. The zero-order valence-electron chi connectivity index (χ0n) is 20.4. The minimum absolute atomic E-state index is 0.0505. The van der Waals surface area contributed by atoms with E-state index in [2.05, 4.69) is 25.5 Å². The van der Waals surface area contributed by atoms with Crippen molar-refractivity contribution < 1.29 is 18.6 Å². The van der Waals surface area contributed by atoms with Gasteiger partial charge in [0.2, 0.25) is 5.88 Å². The number of hydrogen-bond acceptors (Lipinski definition) is 8. The zero-order chi connectivity index (χ0) is 24.5. The molecule has 3 aromatic heterocycles. The summed E-state index contributed by atoms with van der Waals surface area (Å²) in [4.78, 5) is 8.79. The lowest BCUT2D eigenvalue weighted by Crippen LogP contribution is -2.66. The average molecular weight is 471 g/mol. The molecule has 10 heteroatoms. The van der Waals surface area contributed by atoms with Gasteiger partial charge in [-0.05, 0) is 40.7 Å². The van der Waals surface area contributed by atoms with Crippen molar-refractivity contribution in [3.8, 4) is 28.7 Å². The summed E-state index contributed by atoms with van der Waals surface area (Å²) >= 11 is 0. The second kappa shape index (κ2) is 9.27. The lowest BCUT2D eigenvalue weighted by Gasteiger charge is -2.48. The lowest BCUT2D eigenvalue weighted by atomic mass is 9.79. The number of imidazole rings is 1. The van der Waals surface area contributed by atoms with Crippen LogP contribution in [0, 0.1) is 6.92 Å². The van der Waals surface area contributed by atoms with Crippen LogP contribution < -0.4 is 14.8 Å². The summed E-state index contributed by atoms with van der Waals surface area (Å²) in [5, 5.41) is 11.8. The Hall–Kier alpha value is -3.11. The van der Waals surface area contributed by atoms with Crippen LogP contribution in [-0.2, 0) is 4.74 Å². The Morgan fingerprint density at radius 3 is 2.62 bits per heavy atom. The van der Waals surface area contributed by atoms with E-state index >= 15 is 4.39 Å². The summed E-state index contributed by atoms with van der Waals surface area (Å²) in [5.74, 6) is 0.745. The highest BCUT2D eigenvalue weighted by Gasteiger charge is 2.47. The molecule has 4 rings (SSSR count). The van der Waals surface area contributed by atoms with Crippen molar-refractivity contribution in [3.05, 3.63) is 42.6 Å². The lowest BCUT2D eigenvalue weighted by molar-refractivity contribution is -0.0281. The van der Waals surface area contributed by atoms with Crippen LogP contribution in [0.2, 0.25) is 0 Å². The summed E-state index contributed by atoms with van der Waals surface area (Å²) < 4.78 is 33.7. The van der Waals surface area contributed by atoms with Crippen LogP contribution >= 0.6 is 0 Å². The molecule has 0 amide bonds. The third kappa shape index (κ3) is 5.18. The number of rotatable bonds is 7. The first-order chi connectivity index (χ1) is 16.1. The van der Waals surface area contributed by atoms with Gasteiger partial charge in [0.05, 0.1) is 23.9 Å². The fourth-order valence-corrected chi connectivity index (χ4v) is 4.39. The van der Waals surface area contributed by atoms with Crippen LogP contribution in [0.25, 0.3) is 17.1 Å². The summed E-state index contributed by atoms with van der Waals surface area (Å²) in [7, 11) is 1.55. The average Bonchev–Trinajstić information content (AvgIpc) is 3.21. The highest BCUT2D eigenvalue weighted by Crippen LogP contribution is 2.34. The minimum Gasteiger partial charge on any atom is -0.470 e. The van der Waals surface area contributed by atoms with Crippen LogP contribution in [-0.4, -0.2) is 62.0 Å². The first kappa shape index (κ1) is 24.0. The Bertz CT molecular complexity index is 1130. The van der Waals surface area contributed by atoms with E-state index in [9.17, 15) is 0 Å². The fourth-order valence-electron chi connectivity index (χ4n) is 4.39. The number of ether oxygens (including phenoxy) is 3. The van der Waals surface area contributed by atoms with Crippen LogP contribution in [0.4, 0.5) is 4.39 Å². The third-order valence-electron chi connectivity index (χ3n) is 5.72. The smallest absolute Gasteiger partial charge is 0.233 e. The van der Waals surface area contributed by atoms with E-state index in [1.165, 1.54) is 0 Å². The van der Waals surface area contributed by atoms with Gasteiger partial charge in [0.25, 0.3) is 0 Å². The predicted octanol–water partition coefficient (Wildman–Crippen LogP) is 3.65. The van der Waals surface area contributed by atoms with Crippen LogP contribution in [0.1, 0.15) is 39.8 Å². The van der Waals surface area contributed by atoms with Gasteiger partial charge in [0, 0.05) is 42.9 Å². The molecule has 0 aliphatic carbocycles. The van der Waals surface area contributed by atoms with Crippen LogP contribution in [0.15, 0.2) is 36.9 Å². The van der Waals surface area contributed by atoms with Crippen molar-refractivity contribution in [2.75, 3.05) is 13.9 Å². The van der Waals surface area contributed by atoms with Crippen molar-refractivity contribution in [2.45, 2.75) is 64.4 Å². The molecule has 1 saturated heterocycles. The Morgan fingerprint density at radius 2 is 1.97 bits per heavy atom. The Morgan fingerprint density at radius 1 is 1.18 bits per heavy atom. The maximum Gasteiger partial charge on any atom is 0.233 e. The molecule has 0 saturated carbocycles. The molecule has 9 nitrogen and oxygen atoms in total. The summed E-state index contributed by atoms with van der Waals surface area (Å²) in [6.07, 6.45) is 3.98. The van der Waals surface area contributed by atoms with Crippen molar-refractivity contribution in [3.63, 3.8) is 0 Å². The van der Waals surface area contributed by atoms with E-state index in [0.717, 1.165) is 11.4 Å². The standard InChI is InChI=1S/C24H31FN6O3/c1-15-12-31(13-27-15)16-9-18(33-14-32-6)21(26-11-16)17-7-8-20(29-28-17)34-19-10-23(2,3)30-24(4,5)22(19)25/h7-9,11-13,19,22,30H,10,14H2,1-6H3/t19-,22-/m0/s1. The van der Waals surface area contributed by atoms with Gasteiger partial charge < -0.3 is 24.1 Å². The van der Waals surface area contributed by atoms with Gasteiger partial charge in [0.15, 0.2) is 18.7 Å². The molecule has 1 aliphatic heterocycles. The molecule has 4 heterocycles. The van der Waals surface area contributed by atoms with Crippen molar-refractivity contribution in [2.24, 2.45) is 0 Å². The van der Waals surface area contributed by atoms with E-state index in [4.69, 9.17) is 14.2 Å². The number of aromatic nitrogens is 5. The number of halogens is 1. The number of aryl methyl sites for hydroxylation is 1. The normalized spacial score (nSPS) is 21.3. The van der Waals surface area contributed by atoms with Crippen LogP contribution in [0.5, 0.6) is 11.6 Å². The van der Waals surface area contributed by atoms with E-state index in [1.807, 2.05) is 51.4 Å². The van der Waals surface area contributed by atoms with Gasteiger partial charge in [-0.1, -0.05) is 0 Å². The fraction of sp³-hybridized carbons (Fsp3) is 0.500. The first-order valence-corrected chi connectivity index (χ1v) is 11.1. The van der Waals surface area contributed by atoms with Crippen molar-refractivity contribution >= 4 is 0 Å². The van der Waals surface area contributed by atoms with E-state index in [-0.39, 0.29) is 18.2 Å². The molecule has 0 spiro atoms. The molecule has 182 valence electrons. The largest absolute Gasteiger partial charge is 0.470 e. The van der Waals surface area contributed by atoms with E-state index in [1.54, 1.807) is 31.8 Å². The number of hydrogen-bond donors (Lipinski definition) is 1. The molecule has 0 aromatic carbocycles. The quantitative estimate of drug-likeness (QED) is 0.523. The van der Waals surface area contributed by atoms with Gasteiger partial charge in [-0.25, -0.2) is 14.4 Å². The molecule has 0 bridgehead atoms. The SMILES string of the molecule is COCOc1cc(-n2cnc(C)c2)cnc1-c1ccc(O[C@H]2CC(C)(C)NC(C)(C)[C@H]2F)nn1. The Kier molecular flexibility index (Phi) is 6.55. The molecule has 1 fully saturated rings. The minimum atomic E-state index is -1.20. The number of alkyl halides is 1. The van der Waals surface area contributed by atoms with Gasteiger partial charge in [-0.2, -0.15) is 0 Å². The van der Waals surface area contributed by atoms with Gasteiger partial charge >= 0.3 is 0 Å². The zero-order valence-corrected chi connectivity index (χ0v) is 20.4. The third-order valence-corrected chi connectivity index (χ3v) is 5.72. The summed E-state index contributed by atoms with van der Waals surface area (Å²) in [5.41, 5.74) is 1.69. The molecule has 1 N–H and O–H groups in total. The molecule has 3 aromatic rings. The maximum atomic E-state index is 15.1. The van der Waals surface area contributed by atoms with Gasteiger partial charge in [-0.15, -0.1) is 10.2 Å². The molecular weight excluding hydrogens is 439 g/mol. The number of nitrogens with zero attached hydrogens (tertiary/aromatic N) is 5. The second-order valence-corrected chi connectivity index (χ2v) is 9.76. The molecule has 0 unspecified atom stereocenters. The molecular formula is C24H31FN6O3. The second-order valence-electron chi connectivity index (χ2n) is 9.76. The molecule has 34 heavy (non-hydrogen) atoms. The number of pyridine rings is 1. The van der Waals surface area contributed by atoms with Crippen LogP contribution in [0.3, 0.4) is 0 Å². The van der Waals surface area contributed by atoms with Gasteiger partial charge in [-0.3, -0.25) is 0 Å². The molecule has 1 aliphatic rings. The number of nitrogens with one attached hydrogen (secondary N) is 1. The summed E-state index contributed by atoms with van der Waals surface area (Å²) in [6.45, 7) is 9.71. The van der Waals surface area contributed by atoms with Crippen molar-refractivity contribution in [1.29, 1.82) is 0 Å². The Labute approximate surface area is 198 Å². The number of methoxy groups -OCH3 is 1. The highest BCUT2D eigenvalue weighted by atomic mass is 19.1. The van der Waals surface area contributed by atoms with Crippen molar-refractivity contribution in [1.82, 2.24) is 30.0 Å². The summed E-state index contributed by atoms with van der Waals surface area (Å²) in [6, 6.07) is 5.24. The predicted molar refractivity (Wildman–Crippen MR) is 125 cm³/mol. The Balaban J connectivity index is 1.57. The topological polar surface area (TPSA) is 96.2 Å². The van der Waals surface area contributed by atoms with Gasteiger partial charge in [0.1, 0.15) is 17.5 Å². The van der Waals surface area contributed by atoms with E-state index < -0.39 is 17.8 Å². The molecule has 0 radical (unpaired) electrons. The molecule has 2 atom stereocenters. The monoisotopic (exact) mass is 470 g/mol. The maximum absolute atomic E-state index is 15.1. The first-order valence-electron chi connectivity index (χ1n) is 11.1. The number of piperidine rings is 1.